The van der Waals surface area contributed by atoms with E-state index in [0.717, 1.165) is 5.56 Å². The molecule has 0 radical (unpaired) electrons. The van der Waals surface area contributed by atoms with E-state index in [0.29, 0.717) is 17.8 Å². The number of amides is 1. The molecular weight excluding hydrogens is 297 g/mol. The number of nitrogens with zero attached hydrogens (tertiary/aromatic N) is 5. The van der Waals surface area contributed by atoms with E-state index in [1.54, 1.807) is 42.3 Å². The molecule has 0 aliphatic carbocycles. The van der Waals surface area contributed by atoms with Crippen LogP contribution in [-0.2, 0) is 6.54 Å². The van der Waals surface area contributed by atoms with Crippen LogP contribution in [0.5, 0.6) is 0 Å². The summed E-state index contributed by atoms with van der Waals surface area (Å²) in [7, 11) is 1.70. The Hall–Kier alpha value is -3.09. The van der Waals surface area contributed by atoms with E-state index in [9.17, 15) is 9.18 Å². The third kappa shape index (κ3) is 3.39. The number of hydrogen-bond acceptors (Lipinski definition) is 4. The van der Waals surface area contributed by atoms with E-state index in [4.69, 9.17) is 0 Å². The van der Waals surface area contributed by atoms with E-state index in [1.807, 2.05) is 6.07 Å². The van der Waals surface area contributed by atoms with Gasteiger partial charge in [0.15, 0.2) is 0 Å². The lowest BCUT2D eigenvalue weighted by atomic mass is 10.1. The molecule has 1 amide bonds. The van der Waals surface area contributed by atoms with Gasteiger partial charge < -0.3 is 4.90 Å². The smallest absolute Gasteiger partial charge is 0.253 e. The Morgan fingerprint density at radius 1 is 1.22 bits per heavy atom. The predicted molar refractivity (Wildman–Crippen MR) is 81.4 cm³/mol. The van der Waals surface area contributed by atoms with Gasteiger partial charge in [-0.25, -0.2) is 9.07 Å². The van der Waals surface area contributed by atoms with Gasteiger partial charge in [-0.2, -0.15) is 0 Å². The summed E-state index contributed by atoms with van der Waals surface area (Å²) < 4.78 is 14.4. The maximum absolute atomic E-state index is 12.9. The molecule has 0 saturated carbocycles. The van der Waals surface area contributed by atoms with E-state index in [2.05, 4.69) is 15.5 Å². The highest BCUT2D eigenvalue weighted by Gasteiger charge is 2.13. The molecular formula is C16H14FN5O. The number of tetrazole rings is 1. The third-order valence-corrected chi connectivity index (χ3v) is 3.39. The van der Waals surface area contributed by atoms with Gasteiger partial charge in [0.05, 0.1) is 5.69 Å². The lowest BCUT2D eigenvalue weighted by molar-refractivity contribution is 0.0785. The van der Waals surface area contributed by atoms with Crippen LogP contribution in [0.15, 0.2) is 54.9 Å². The Balaban J connectivity index is 1.77. The van der Waals surface area contributed by atoms with Crippen molar-refractivity contribution >= 4 is 5.91 Å². The third-order valence-electron chi connectivity index (χ3n) is 3.39. The van der Waals surface area contributed by atoms with Gasteiger partial charge in [-0.1, -0.05) is 18.2 Å². The van der Waals surface area contributed by atoms with Crippen LogP contribution in [-0.4, -0.2) is 38.1 Å². The van der Waals surface area contributed by atoms with Crippen LogP contribution in [0.25, 0.3) is 5.69 Å². The first-order chi connectivity index (χ1) is 11.1. The van der Waals surface area contributed by atoms with Crippen LogP contribution in [0.1, 0.15) is 15.9 Å². The van der Waals surface area contributed by atoms with Gasteiger partial charge in [0, 0.05) is 19.2 Å². The zero-order valence-corrected chi connectivity index (χ0v) is 12.4. The van der Waals surface area contributed by atoms with Crippen molar-refractivity contribution < 1.29 is 9.18 Å². The molecule has 3 aromatic rings. The molecule has 0 unspecified atom stereocenters. The molecule has 7 heteroatoms. The monoisotopic (exact) mass is 311 g/mol. The average Bonchev–Trinajstić information content (AvgIpc) is 3.11. The van der Waals surface area contributed by atoms with Crippen molar-refractivity contribution in [2.75, 3.05) is 7.05 Å². The topological polar surface area (TPSA) is 63.9 Å². The van der Waals surface area contributed by atoms with Gasteiger partial charge in [0.25, 0.3) is 5.91 Å². The molecule has 6 nitrogen and oxygen atoms in total. The van der Waals surface area contributed by atoms with Crippen LogP contribution in [0.4, 0.5) is 4.39 Å². The molecule has 23 heavy (non-hydrogen) atoms. The maximum atomic E-state index is 12.9. The fourth-order valence-corrected chi connectivity index (χ4v) is 2.22. The molecule has 1 heterocycles. The fraction of sp³-hybridized carbons (Fsp3) is 0.125. The van der Waals surface area contributed by atoms with Gasteiger partial charge in [0.1, 0.15) is 12.1 Å². The lowest BCUT2D eigenvalue weighted by Gasteiger charge is -2.17. The summed E-state index contributed by atoms with van der Waals surface area (Å²) in [6.07, 6.45) is 1.46. The molecule has 0 aliphatic rings. The molecule has 0 atom stereocenters. The van der Waals surface area contributed by atoms with Crippen molar-refractivity contribution in [1.29, 1.82) is 0 Å². The highest BCUT2D eigenvalue weighted by molar-refractivity contribution is 5.94. The van der Waals surface area contributed by atoms with Gasteiger partial charge in [-0.3, -0.25) is 4.79 Å². The Kier molecular flexibility index (Phi) is 4.09. The summed E-state index contributed by atoms with van der Waals surface area (Å²) >= 11 is 0. The zero-order valence-electron chi connectivity index (χ0n) is 12.4. The number of hydrogen-bond donors (Lipinski definition) is 0. The number of aromatic nitrogens is 4. The second kappa shape index (κ2) is 6.35. The molecule has 0 N–H and O–H groups in total. The first kappa shape index (κ1) is 14.8. The molecule has 2 aromatic carbocycles. The van der Waals surface area contributed by atoms with Gasteiger partial charge in [-0.05, 0) is 46.3 Å². The molecule has 0 fully saturated rings. The maximum Gasteiger partial charge on any atom is 0.253 e. The summed E-state index contributed by atoms with van der Waals surface area (Å²) in [6.45, 7) is 0.397. The van der Waals surface area contributed by atoms with Crippen molar-refractivity contribution in [3.63, 3.8) is 0 Å². The van der Waals surface area contributed by atoms with Crippen LogP contribution in [0.3, 0.4) is 0 Å². The normalized spacial score (nSPS) is 10.5. The number of carbonyl (C=O) groups excluding carboxylic acids is 1. The van der Waals surface area contributed by atoms with Gasteiger partial charge in [-0.15, -0.1) is 5.10 Å². The second-order valence-electron chi connectivity index (χ2n) is 5.09. The minimum atomic E-state index is -0.295. The number of halogens is 1. The molecule has 0 aliphatic heterocycles. The van der Waals surface area contributed by atoms with Crippen molar-refractivity contribution in [2.45, 2.75) is 6.54 Å². The van der Waals surface area contributed by atoms with Gasteiger partial charge in [0.2, 0.25) is 0 Å². The Labute approximate surface area is 132 Å². The standard InChI is InChI=1S/C16H14FN5O/c1-21(10-12-5-7-14(17)8-6-12)16(23)13-3-2-4-15(9-13)22-11-18-19-20-22/h2-9,11H,10H2,1H3. The molecule has 3 rings (SSSR count). The summed E-state index contributed by atoms with van der Waals surface area (Å²) in [5, 5.41) is 11.0. The Morgan fingerprint density at radius 2 is 2.00 bits per heavy atom. The SMILES string of the molecule is CN(Cc1ccc(F)cc1)C(=O)c1cccc(-n2cnnn2)c1. The fourth-order valence-electron chi connectivity index (χ4n) is 2.22. The van der Waals surface area contributed by atoms with E-state index in [-0.39, 0.29) is 11.7 Å². The average molecular weight is 311 g/mol. The predicted octanol–water partition coefficient (Wildman–Crippen LogP) is 2.07. The highest BCUT2D eigenvalue weighted by atomic mass is 19.1. The van der Waals surface area contributed by atoms with Crippen LogP contribution in [0.2, 0.25) is 0 Å². The Bertz CT molecular complexity index is 802. The van der Waals surface area contributed by atoms with Crippen molar-refractivity contribution in [3.8, 4) is 5.69 Å². The first-order valence-electron chi connectivity index (χ1n) is 6.97. The zero-order chi connectivity index (χ0) is 16.2. The summed E-state index contributed by atoms with van der Waals surface area (Å²) in [4.78, 5) is 14.1. The van der Waals surface area contributed by atoms with Crippen molar-refractivity contribution in [3.05, 3.63) is 71.8 Å². The van der Waals surface area contributed by atoms with E-state index >= 15 is 0 Å². The van der Waals surface area contributed by atoms with E-state index < -0.39 is 0 Å². The van der Waals surface area contributed by atoms with Crippen molar-refractivity contribution in [2.24, 2.45) is 0 Å². The summed E-state index contributed by atoms with van der Waals surface area (Å²) in [5.74, 6) is -0.430. The molecule has 0 bridgehead atoms. The van der Waals surface area contributed by atoms with Crippen LogP contribution in [0, 0.1) is 5.82 Å². The largest absolute Gasteiger partial charge is 0.337 e. The minimum absolute atomic E-state index is 0.135. The van der Waals surface area contributed by atoms with Crippen LogP contribution >= 0.6 is 0 Å². The molecule has 116 valence electrons. The lowest BCUT2D eigenvalue weighted by Crippen LogP contribution is -2.26. The summed E-state index contributed by atoms with van der Waals surface area (Å²) in [5.41, 5.74) is 2.09. The van der Waals surface area contributed by atoms with Gasteiger partial charge >= 0.3 is 0 Å². The first-order valence-corrected chi connectivity index (χ1v) is 6.97. The minimum Gasteiger partial charge on any atom is -0.337 e. The van der Waals surface area contributed by atoms with Crippen molar-refractivity contribution in [1.82, 2.24) is 25.1 Å². The highest BCUT2D eigenvalue weighted by Crippen LogP contribution is 2.13. The van der Waals surface area contributed by atoms with Crippen LogP contribution < -0.4 is 0 Å². The number of benzene rings is 2. The summed E-state index contributed by atoms with van der Waals surface area (Å²) in [6, 6.07) is 13.1. The number of carbonyl (C=O) groups is 1. The molecule has 0 spiro atoms. The quantitative estimate of drug-likeness (QED) is 0.740. The molecule has 0 saturated heterocycles. The molecule has 1 aromatic heterocycles. The van der Waals surface area contributed by atoms with E-state index in [1.165, 1.54) is 23.1 Å². The second-order valence-corrected chi connectivity index (χ2v) is 5.09. The number of rotatable bonds is 4. The Morgan fingerprint density at radius 3 is 2.70 bits per heavy atom.